The number of amides is 2. The average molecular weight is 487 g/mol. The second kappa shape index (κ2) is 10.1. The van der Waals surface area contributed by atoms with E-state index in [0.29, 0.717) is 50.9 Å². The predicted octanol–water partition coefficient (Wildman–Crippen LogP) is 4.05. The number of fused-ring (bicyclic) bond motifs is 1. The van der Waals surface area contributed by atoms with Gasteiger partial charge in [0, 0.05) is 24.7 Å². The van der Waals surface area contributed by atoms with Gasteiger partial charge in [0.1, 0.15) is 4.32 Å². The van der Waals surface area contributed by atoms with Crippen LogP contribution in [0.4, 0.5) is 5.69 Å². The van der Waals surface area contributed by atoms with Crippen molar-refractivity contribution in [2.24, 2.45) is 0 Å². The predicted molar refractivity (Wildman–Crippen MR) is 130 cm³/mol. The molecule has 2 heterocycles. The molecule has 0 atom stereocenters. The van der Waals surface area contributed by atoms with Gasteiger partial charge in [-0.3, -0.25) is 14.5 Å². The van der Waals surface area contributed by atoms with Gasteiger partial charge < -0.3 is 24.3 Å². The van der Waals surface area contributed by atoms with Gasteiger partial charge in [0.25, 0.3) is 5.91 Å². The Morgan fingerprint density at radius 2 is 1.94 bits per heavy atom. The summed E-state index contributed by atoms with van der Waals surface area (Å²) in [6, 6.07) is 10.7. The fourth-order valence-corrected chi connectivity index (χ4v) is 4.69. The summed E-state index contributed by atoms with van der Waals surface area (Å²) in [5, 5.41) is 2.83. The number of methoxy groups -OCH3 is 2. The van der Waals surface area contributed by atoms with E-state index < -0.39 is 0 Å². The molecule has 2 aromatic rings. The Bertz CT molecular complexity index is 1130. The Balaban J connectivity index is 1.32. The molecule has 0 aromatic heterocycles. The number of nitrogens with one attached hydrogen (secondary N) is 1. The SMILES string of the molecule is COc1ccc(/C=C2\SC(=S)N(CCCC(=O)Nc3ccc4c(c3)OCO4)C2=O)cc1OC. The van der Waals surface area contributed by atoms with E-state index in [4.69, 9.17) is 31.2 Å². The van der Waals surface area contributed by atoms with Gasteiger partial charge >= 0.3 is 0 Å². The molecule has 2 aliphatic heterocycles. The van der Waals surface area contributed by atoms with Gasteiger partial charge in [0.05, 0.1) is 19.1 Å². The van der Waals surface area contributed by atoms with Crippen LogP contribution in [0.1, 0.15) is 18.4 Å². The van der Waals surface area contributed by atoms with Crippen molar-refractivity contribution in [2.45, 2.75) is 12.8 Å². The smallest absolute Gasteiger partial charge is 0.266 e. The van der Waals surface area contributed by atoms with Crippen LogP contribution in [0.25, 0.3) is 6.08 Å². The van der Waals surface area contributed by atoms with E-state index >= 15 is 0 Å². The normalized spacial score (nSPS) is 15.8. The van der Waals surface area contributed by atoms with E-state index in [-0.39, 0.29) is 25.0 Å². The van der Waals surface area contributed by atoms with Gasteiger partial charge in [-0.05, 0) is 42.3 Å². The molecule has 0 bridgehead atoms. The molecule has 10 heteroatoms. The lowest BCUT2D eigenvalue weighted by Crippen LogP contribution is -2.29. The summed E-state index contributed by atoms with van der Waals surface area (Å²) in [6.45, 7) is 0.541. The van der Waals surface area contributed by atoms with Gasteiger partial charge in [-0.15, -0.1) is 0 Å². The van der Waals surface area contributed by atoms with Crippen LogP contribution in [0.2, 0.25) is 0 Å². The number of carbonyl (C=O) groups is 2. The molecule has 0 radical (unpaired) electrons. The van der Waals surface area contributed by atoms with E-state index in [1.807, 2.05) is 6.07 Å². The fourth-order valence-electron chi connectivity index (χ4n) is 3.38. The van der Waals surface area contributed by atoms with Crippen molar-refractivity contribution in [1.29, 1.82) is 0 Å². The van der Waals surface area contributed by atoms with Crippen LogP contribution in [0.3, 0.4) is 0 Å². The molecule has 2 amide bonds. The van der Waals surface area contributed by atoms with E-state index in [2.05, 4.69) is 5.32 Å². The molecular formula is C23H22N2O6S2. The molecule has 4 rings (SSSR count). The summed E-state index contributed by atoms with van der Waals surface area (Å²) in [7, 11) is 3.13. The van der Waals surface area contributed by atoms with Crippen LogP contribution < -0.4 is 24.3 Å². The minimum Gasteiger partial charge on any atom is -0.493 e. The molecule has 2 aromatic carbocycles. The topological polar surface area (TPSA) is 86.3 Å². The maximum atomic E-state index is 12.8. The summed E-state index contributed by atoms with van der Waals surface area (Å²) < 4.78 is 21.6. The number of anilines is 1. The van der Waals surface area contributed by atoms with Crippen molar-refractivity contribution < 1.29 is 28.5 Å². The van der Waals surface area contributed by atoms with Gasteiger partial charge in [-0.1, -0.05) is 30.0 Å². The highest BCUT2D eigenvalue weighted by atomic mass is 32.2. The summed E-state index contributed by atoms with van der Waals surface area (Å²) in [6.07, 6.45) is 2.50. The molecule has 172 valence electrons. The zero-order chi connectivity index (χ0) is 23.4. The first-order valence-electron chi connectivity index (χ1n) is 10.2. The van der Waals surface area contributed by atoms with E-state index in [9.17, 15) is 9.59 Å². The Kier molecular flexibility index (Phi) is 7.05. The molecule has 1 N–H and O–H groups in total. The first kappa shape index (κ1) is 22.9. The molecular weight excluding hydrogens is 464 g/mol. The van der Waals surface area contributed by atoms with Crippen molar-refractivity contribution >= 4 is 51.9 Å². The number of hydrogen-bond donors (Lipinski definition) is 1. The molecule has 2 aliphatic rings. The number of ether oxygens (including phenoxy) is 4. The third-order valence-electron chi connectivity index (χ3n) is 5.02. The first-order valence-corrected chi connectivity index (χ1v) is 11.4. The summed E-state index contributed by atoms with van der Waals surface area (Å²) in [4.78, 5) is 27.2. The number of carbonyl (C=O) groups excluding carboxylic acids is 2. The molecule has 0 aliphatic carbocycles. The van der Waals surface area contributed by atoms with E-state index in [1.54, 1.807) is 50.6 Å². The number of hydrogen-bond acceptors (Lipinski definition) is 8. The Labute approximate surface area is 200 Å². The summed E-state index contributed by atoms with van der Waals surface area (Å²) in [5.74, 6) is 2.13. The van der Waals surface area contributed by atoms with Crippen LogP contribution in [-0.4, -0.2) is 48.6 Å². The van der Waals surface area contributed by atoms with E-state index in [0.717, 1.165) is 5.56 Å². The minimum absolute atomic E-state index is 0.153. The minimum atomic E-state index is -0.170. The number of thiocarbonyl (C=S) groups is 1. The first-order chi connectivity index (χ1) is 16.0. The number of benzene rings is 2. The van der Waals surface area contributed by atoms with Crippen LogP contribution in [-0.2, 0) is 9.59 Å². The highest BCUT2D eigenvalue weighted by Gasteiger charge is 2.31. The van der Waals surface area contributed by atoms with Crippen LogP contribution in [0, 0.1) is 0 Å². The lowest BCUT2D eigenvalue weighted by Gasteiger charge is -2.14. The molecule has 1 saturated heterocycles. The number of thioether (sulfide) groups is 1. The molecule has 1 fully saturated rings. The van der Waals surface area contributed by atoms with Gasteiger partial charge in [-0.2, -0.15) is 0 Å². The Morgan fingerprint density at radius 1 is 1.15 bits per heavy atom. The molecule has 0 spiro atoms. The quantitative estimate of drug-likeness (QED) is 0.442. The van der Waals surface area contributed by atoms with Gasteiger partial charge in [0.2, 0.25) is 12.7 Å². The van der Waals surface area contributed by atoms with Crippen molar-refractivity contribution in [3.8, 4) is 23.0 Å². The monoisotopic (exact) mass is 486 g/mol. The van der Waals surface area contributed by atoms with Crippen molar-refractivity contribution in [3.05, 3.63) is 46.9 Å². The van der Waals surface area contributed by atoms with Crippen LogP contribution in [0.15, 0.2) is 41.3 Å². The molecule has 0 unspecified atom stereocenters. The lowest BCUT2D eigenvalue weighted by atomic mass is 10.2. The highest BCUT2D eigenvalue weighted by Crippen LogP contribution is 2.35. The molecule has 33 heavy (non-hydrogen) atoms. The zero-order valence-corrected chi connectivity index (χ0v) is 19.7. The average Bonchev–Trinajstić information content (AvgIpc) is 3.38. The lowest BCUT2D eigenvalue weighted by molar-refractivity contribution is -0.122. The van der Waals surface area contributed by atoms with Crippen molar-refractivity contribution in [1.82, 2.24) is 4.90 Å². The zero-order valence-electron chi connectivity index (χ0n) is 18.1. The molecule has 8 nitrogen and oxygen atoms in total. The second-order valence-corrected chi connectivity index (χ2v) is 8.84. The molecule has 0 saturated carbocycles. The third kappa shape index (κ3) is 5.23. The highest BCUT2D eigenvalue weighted by molar-refractivity contribution is 8.26. The second-order valence-electron chi connectivity index (χ2n) is 7.17. The van der Waals surface area contributed by atoms with E-state index in [1.165, 1.54) is 16.7 Å². The maximum absolute atomic E-state index is 12.8. The maximum Gasteiger partial charge on any atom is 0.266 e. The number of rotatable bonds is 8. The Hall–Kier alpha value is -3.24. The largest absolute Gasteiger partial charge is 0.493 e. The van der Waals surface area contributed by atoms with Gasteiger partial charge in [-0.25, -0.2) is 0 Å². The third-order valence-corrected chi connectivity index (χ3v) is 6.40. The standard InChI is InChI=1S/C23H22N2O6S2/c1-28-16-7-5-14(10-18(16)29-2)11-20-22(27)25(23(32)33-20)9-3-4-21(26)24-15-6-8-17-19(12-15)31-13-30-17/h5-8,10-12H,3-4,9,13H2,1-2H3,(H,24,26)/b20-11-. The van der Waals surface area contributed by atoms with Crippen LogP contribution in [0.5, 0.6) is 23.0 Å². The van der Waals surface area contributed by atoms with Crippen molar-refractivity contribution in [3.63, 3.8) is 0 Å². The summed E-state index contributed by atoms with van der Waals surface area (Å²) >= 11 is 6.63. The van der Waals surface area contributed by atoms with Crippen LogP contribution >= 0.6 is 24.0 Å². The number of nitrogens with zero attached hydrogens (tertiary/aromatic N) is 1. The summed E-state index contributed by atoms with van der Waals surface area (Å²) in [5.41, 5.74) is 1.43. The van der Waals surface area contributed by atoms with Crippen molar-refractivity contribution in [2.75, 3.05) is 32.9 Å². The Morgan fingerprint density at radius 3 is 2.73 bits per heavy atom. The fraction of sp³-hybridized carbons (Fsp3) is 0.261. The van der Waals surface area contributed by atoms with Gasteiger partial charge in [0.15, 0.2) is 23.0 Å².